The Balaban J connectivity index is 2.20. The van der Waals surface area contributed by atoms with E-state index in [-0.39, 0.29) is 5.56 Å². The van der Waals surface area contributed by atoms with E-state index < -0.39 is 11.7 Å². The van der Waals surface area contributed by atoms with Gasteiger partial charge in [-0.25, -0.2) is 9.82 Å². The minimum atomic E-state index is -0.649. The Kier molecular flexibility index (Phi) is 5.73. The van der Waals surface area contributed by atoms with Gasteiger partial charge in [0.25, 0.3) is 5.91 Å². The van der Waals surface area contributed by atoms with Gasteiger partial charge in [0.05, 0.1) is 33.1 Å². The first-order valence-electron chi connectivity index (χ1n) is 6.99. The molecule has 2 aromatic carbocycles. The molecule has 7 heteroatoms. The number of benzene rings is 2. The standard InChI is InChI=1S/C17H17FN2O4/c1-22-14-9-8-11(15(23-2)16(14)24-3)10-19-20-17(21)12-6-4-5-7-13(12)18/h4-10H,1-3H3,(H,20,21)/b19-10+. The number of ether oxygens (including phenoxy) is 3. The van der Waals surface area contributed by atoms with Crippen LogP contribution in [-0.4, -0.2) is 33.5 Å². The van der Waals surface area contributed by atoms with Gasteiger partial charge < -0.3 is 14.2 Å². The van der Waals surface area contributed by atoms with E-state index in [0.29, 0.717) is 22.8 Å². The lowest BCUT2D eigenvalue weighted by atomic mass is 10.2. The molecule has 0 atom stereocenters. The topological polar surface area (TPSA) is 69.2 Å². The molecule has 0 aromatic heterocycles. The lowest BCUT2D eigenvalue weighted by Crippen LogP contribution is -2.19. The normalized spacial score (nSPS) is 10.5. The summed E-state index contributed by atoms with van der Waals surface area (Å²) in [5, 5.41) is 3.83. The number of hydrogen-bond acceptors (Lipinski definition) is 5. The SMILES string of the molecule is COc1ccc(/C=N/NC(=O)c2ccccc2F)c(OC)c1OC. The number of amides is 1. The van der Waals surface area contributed by atoms with Gasteiger partial charge in [-0.3, -0.25) is 4.79 Å². The zero-order valence-electron chi connectivity index (χ0n) is 13.5. The predicted molar refractivity (Wildman–Crippen MR) is 87.6 cm³/mol. The minimum Gasteiger partial charge on any atom is -0.493 e. The minimum absolute atomic E-state index is 0.0890. The van der Waals surface area contributed by atoms with Crippen molar-refractivity contribution in [3.63, 3.8) is 0 Å². The summed E-state index contributed by atoms with van der Waals surface area (Å²) in [6.07, 6.45) is 1.37. The van der Waals surface area contributed by atoms with Crippen molar-refractivity contribution < 1.29 is 23.4 Å². The molecule has 0 radical (unpaired) electrons. The highest BCUT2D eigenvalue weighted by Gasteiger charge is 2.15. The zero-order valence-corrected chi connectivity index (χ0v) is 13.5. The van der Waals surface area contributed by atoms with E-state index in [9.17, 15) is 9.18 Å². The van der Waals surface area contributed by atoms with Gasteiger partial charge in [-0.15, -0.1) is 0 Å². The summed E-state index contributed by atoms with van der Waals surface area (Å²) in [5.74, 6) is 0.0460. The highest BCUT2D eigenvalue weighted by atomic mass is 19.1. The summed E-state index contributed by atoms with van der Waals surface area (Å²) in [7, 11) is 4.48. The summed E-state index contributed by atoms with van der Waals surface area (Å²) in [5.41, 5.74) is 2.74. The molecular formula is C17H17FN2O4. The third kappa shape index (κ3) is 3.62. The number of rotatable bonds is 6. The van der Waals surface area contributed by atoms with Crippen LogP contribution < -0.4 is 19.6 Å². The zero-order chi connectivity index (χ0) is 17.5. The van der Waals surface area contributed by atoms with Crippen LogP contribution in [0.15, 0.2) is 41.5 Å². The maximum Gasteiger partial charge on any atom is 0.274 e. The lowest BCUT2D eigenvalue weighted by Gasteiger charge is -2.13. The fourth-order valence-corrected chi connectivity index (χ4v) is 2.09. The molecule has 0 saturated heterocycles. The monoisotopic (exact) mass is 332 g/mol. The van der Waals surface area contributed by atoms with Gasteiger partial charge in [0.2, 0.25) is 5.75 Å². The van der Waals surface area contributed by atoms with E-state index in [4.69, 9.17) is 14.2 Å². The first-order valence-corrected chi connectivity index (χ1v) is 6.99. The highest BCUT2D eigenvalue weighted by Crippen LogP contribution is 2.38. The molecule has 0 aliphatic rings. The number of carbonyl (C=O) groups is 1. The van der Waals surface area contributed by atoms with Crippen molar-refractivity contribution in [1.29, 1.82) is 0 Å². The van der Waals surface area contributed by atoms with Crippen LogP contribution in [0.25, 0.3) is 0 Å². The lowest BCUT2D eigenvalue weighted by molar-refractivity contribution is 0.0951. The highest BCUT2D eigenvalue weighted by molar-refractivity contribution is 5.95. The number of halogens is 1. The molecule has 0 bridgehead atoms. The van der Waals surface area contributed by atoms with Crippen LogP contribution in [0.1, 0.15) is 15.9 Å². The first-order chi connectivity index (χ1) is 11.6. The van der Waals surface area contributed by atoms with Crippen molar-refractivity contribution in [3.8, 4) is 17.2 Å². The molecule has 0 saturated carbocycles. The summed E-state index contributed by atoms with van der Waals surface area (Å²) in [6.45, 7) is 0. The fraction of sp³-hybridized carbons (Fsp3) is 0.176. The molecule has 0 aliphatic heterocycles. The third-order valence-electron chi connectivity index (χ3n) is 3.22. The van der Waals surface area contributed by atoms with Gasteiger partial charge in [0.15, 0.2) is 11.5 Å². The Morgan fingerprint density at radius 1 is 1.04 bits per heavy atom. The summed E-state index contributed by atoms with van der Waals surface area (Å²) in [6, 6.07) is 9.02. The van der Waals surface area contributed by atoms with E-state index in [2.05, 4.69) is 10.5 Å². The van der Waals surface area contributed by atoms with Crippen LogP contribution in [0, 0.1) is 5.82 Å². The molecule has 0 unspecified atom stereocenters. The fourth-order valence-electron chi connectivity index (χ4n) is 2.09. The molecule has 126 valence electrons. The van der Waals surface area contributed by atoms with Crippen molar-refractivity contribution in [2.75, 3.05) is 21.3 Å². The molecule has 1 amide bonds. The Morgan fingerprint density at radius 3 is 2.38 bits per heavy atom. The molecule has 24 heavy (non-hydrogen) atoms. The third-order valence-corrected chi connectivity index (χ3v) is 3.22. The Morgan fingerprint density at radius 2 is 1.75 bits per heavy atom. The van der Waals surface area contributed by atoms with Gasteiger partial charge in [-0.1, -0.05) is 12.1 Å². The van der Waals surface area contributed by atoms with Crippen LogP contribution in [0.4, 0.5) is 4.39 Å². The average molecular weight is 332 g/mol. The maximum atomic E-state index is 13.5. The largest absolute Gasteiger partial charge is 0.493 e. The number of nitrogens with one attached hydrogen (secondary N) is 1. The molecule has 1 N–H and O–H groups in total. The van der Waals surface area contributed by atoms with Crippen molar-refractivity contribution in [1.82, 2.24) is 5.43 Å². The van der Waals surface area contributed by atoms with Crippen LogP contribution in [0.2, 0.25) is 0 Å². The van der Waals surface area contributed by atoms with E-state index in [1.165, 1.54) is 45.7 Å². The van der Waals surface area contributed by atoms with Crippen LogP contribution >= 0.6 is 0 Å². The smallest absolute Gasteiger partial charge is 0.274 e. The number of nitrogens with zero attached hydrogens (tertiary/aromatic N) is 1. The number of methoxy groups -OCH3 is 3. The molecule has 6 nitrogen and oxygen atoms in total. The number of carbonyl (C=O) groups excluding carboxylic acids is 1. The second-order valence-electron chi connectivity index (χ2n) is 4.60. The molecule has 0 spiro atoms. The van der Waals surface area contributed by atoms with E-state index in [1.807, 2.05) is 0 Å². The molecule has 2 rings (SSSR count). The molecular weight excluding hydrogens is 315 g/mol. The second-order valence-corrected chi connectivity index (χ2v) is 4.60. The van der Waals surface area contributed by atoms with Gasteiger partial charge in [0, 0.05) is 5.56 Å². The molecule has 0 heterocycles. The van der Waals surface area contributed by atoms with Gasteiger partial charge >= 0.3 is 0 Å². The molecule has 0 fully saturated rings. The Hall–Kier alpha value is -3.09. The van der Waals surface area contributed by atoms with Gasteiger partial charge in [-0.2, -0.15) is 5.10 Å². The van der Waals surface area contributed by atoms with E-state index in [0.717, 1.165) is 0 Å². The maximum absolute atomic E-state index is 13.5. The molecule has 2 aromatic rings. The Bertz CT molecular complexity index is 762. The Labute approximate surface area is 138 Å². The van der Waals surface area contributed by atoms with Crippen LogP contribution in [0.3, 0.4) is 0 Å². The van der Waals surface area contributed by atoms with Gasteiger partial charge in [0.1, 0.15) is 5.82 Å². The summed E-state index contributed by atoms with van der Waals surface area (Å²) in [4.78, 5) is 11.9. The predicted octanol–water partition coefficient (Wildman–Crippen LogP) is 2.62. The van der Waals surface area contributed by atoms with Crippen molar-refractivity contribution in [2.24, 2.45) is 5.10 Å². The summed E-state index contributed by atoms with van der Waals surface area (Å²) < 4.78 is 29.3. The number of hydrogen-bond donors (Lipinski definition) is 1. The average Bonchev–Trinajstić information content (AvgIpc) is 2.61. The van der Waals surface area contributed by atoms with Crippen LogP contribution in [-0.2, 0) is 0 Å². The van der Waals surface area contributed by atoms with Crippen molar-refractivity contribution in [3.05, 3.63) is 53.3 Å². The van der Waals surface area contributed by atoms with Crippen LogP contribution in [0.5, 0.6) is 17.2 Å². The van der Waals surface area contributed by atoms with E-state index >= 15 is 0 Å². The van der Waals surface area contributed by atoms with E-state index in [1.54, 1.807) is 18.2 Å². The number of hydrazone groups is 1. The van der Waals surface area contributed by atoms with Crippen molar-refractivity contribution >= 4 is 12.1 Å². The quantitative estimate of drug-likeness (QED) is 0.652. The molecule has 0 aliphatic carbocycles. The second kappa shape index (κ2) is 7.96. The van der Waals surface area contributed by atoms with Gasteiger partial charge in [-0.05, 0) is 24.3 Å². The summed E-state index contributed by atoms with van der Waals surface area (Å²) >= 11 is 0. The first kappa shape index (κ1) is 17.3. The van der Waals surface area contributed by atoms with Crippen molar-refractivity contribution in [2.45, 2.75) is 0 Å².